The standard InChI is InChI=1S/C12H12BrClINO/c13-10-2-1-8(15)5-9(10)11(17)16-7-12(6-14)3-4-12/h1-2,5H,3-4,6-7H2,(H,16,17). The molecule has 5 heteroatoms. The van der Waals surface area contributed by atoms with E-state index in [4.69, 9.17) is 11.6 Å². The molecule has 0 bridgehead atoms. The molecule has 0 heterocycles. The van der Waals surface area contributed by atoms with Crippen molar-refractivity contribution in [3.8, 4) is 0 Å². The normalized spacial score (nSPS) is 16.6. The first-order valence-corrected chi connectivity index (χ1v) is 7.76. The Morgan fingerprint density at radius 3 is 2.82 bits per heavy atom. The lowest BCUT2D eigenvalue weighted by molar-refractivity contribution is 0.0945. The summed E-state index contributed by atoms with van der Waals surface area (Å²) in [4.78, 5) is 12.0. The summed E-state index contributed by atoms with van der Waals surface area (Å²) in [6.07, 6.45) is 2.23. The average Bonchev–Trinajstić information content (AvgIpc) is 3.10. The third kappa shape index (κ3) is 3.35. The molecule has 1 amide bonds. The van der Waals surface area contributed by atoms with Gasteiger partial charge in [-0.3, -0.25) is 4.79 Å². The molecule has 2 rings (SSSR count). The highest BCUT2D eigenvalue weighted by Crippen LogP contribution is 2.45. The smallest absolute Gasteiger partial charge is 0.252 e. The predicted molar refractivity (Wildman–Crippen MR) is 81.6 cm³/mol. The molecular formula is C12H12BrClINO. The second-order valence-corrected chi connectivity index (χ2v) is 6.81. The van der Waals surface area contributed by atoms with E-state index in [1.807, 2.05) is 18.2 Å². The molecule has 0 aromatic heterocycles. The van der Waals surface area contributed by atoms with Gasteiger partial charge in [0.2, 0.25) is 0 Å². The van der Waals surface area contributed by atoms with E-state index in [1.54, 1.807) is 0 Å². The number of rotatable bonds is 4. The topological polar surface area (TPSA) is 29.1 Å². The molecule has 0 aliphatic heterocycles. The Hall–Kier alpha value is 0.190. The van der Waals surface area contributed by atoms with Crippen molar-refractivity contribution >= 4 is 56.0 Å². The maximum Gasteiger partial charge on any atom is 0.252 e. The van der Waals surface area contributed by atoms with E-state index in [0.717, 1.165) is 20.9 Å². The van der Waals surface area contributed by atoms with Crippen molar-refractivity contribution in [2.75, 3.05) is 12.4 Å². The number of carbonyl (C=O) groups excluding carboxylic acids is 1. The number of amides is 1. The zero-order valence-corrected chi connectivity index (χ0v) is 13.6. The van der Waals surface area contributed by atoms with Crippen LogP contribution in [-0.2, 0) is 0 Å². The van der Waals surface area contributed by atoms with Gasteiger partial charge in [0.05, 0.1) is 5.56 Å². The van der Waals surface area contributed by atoms with Gasteiger partial charge in [-0.1, -0.05) is 0 Å². The second kappa shape index (κ2) is 5.45. The molecule has 1 saturated carbocycles. The number of carbonyl (C=O) groups is 1. The minimum atomic E-state index is -0.0354. The van der Waals surface area contributed by atoms with Crippen LogP contribution in [0.3, 0.4) is 0 Å². The monoisotopic (exact) mass is 427 g/mol. The van der Waals surface area contributed by atoms with Gasteiger partial charge in [-0.25, -0.2) is 0 Å². The van der Waals surface area contributed by atoms with Crippen LogP contribution < -0.4 is 5.32 Å². The van der Waals surface area contributed by atoms with Crippen LogP contribution in [0.5, 0.6) is 0 Å². The van der Waals surface area contributed by atoms with Crippen LogP contribution in [0.15, 0.2) is 22.7 Å². The van der Waals surface area contributed by atoms with E-state index in [0.29, 0.717) is 18.0 Å². The van der Waals surface area contributed by atoms with Gasteiger partial charge in [0.1, 0.15) is 0 Å². The highest BCUT2D eigenvalue weighted by molar-refractivity contribution is 14.1. The molecule has 0 atom stereocenters. The fourth-order valence-electron chi connectivity index (χ4n) is 1.57. The van der Waals surface area contributed by atoms with Gasteiger partial charge in [0.25, 0.3) is 5.91 Å². The molecule has 2 nitrogen and oxygen atoms in total. The molecule has 1 aliphatic carbocycles. The van der Waals surface area contributed by atoms with Crippen LogP contribution in [-0.4, -0.2) is 18.3 Å². The third-order valence-corrected chi connectivity index (χ3v) is 4.97. The van der Waals surface area contributed by atoms with E-state index in [-0.39, 0.29) is 11.3 Å². The van der Waals surface area contributed by atoms with E-state index in [2.05, 4.69) is 43.8 Å². The first-order chi connectivity index (χ1) is 8.06. The number of nitrogens with one attached hydrogen (secondary N) is 1. The molecule has 92 valence electrons. The van der Waals surface area contributed by atoms with Gasteiger partial charge in [-0.15, -0.1) is 11.6 Å². The van der Waals surface area contributed by atoms with Gasteiger partial charge >= 0.3 is 0 Å². The van der Waals surface area contributed by atoms with Crippen molar-refractivity contribution in [2.45, 2.75) is 12.8 Å². The molecular weight excluding hydrogens is 416 g/mol. The highest BCUT2D eigenvalue weighted by Gasteiger charge is 2.41. The Balaban J connectivity index is 2.02. The maximum atomic E-state index is 12.0. The molecule has 0 radical (unpaired) electrons. The van der Waals surface area contributed by atoms with Crippen LogP contribution in [0.2, 0.25) is 0 Å². The number of halogens is 3. The molecule has 17 heavy (non-hydrogen) atoms. The van der Waals surface area contributed by atoms with Gasteiger partial charge in [0.15, 0.2) is 0 Å². The van der Waals surface area contributed by atoms with E-state index < -0.39 is 0 Å². The molecule has 1 aromatic carbocycles. The SMILES string of the molecule is O=C(NCC1(CCl)CC1)c1cc(I)ccc1Br. The minimum absolute atomic E-state index is 0.0354. The summed E-state index contributed by atoms with van der Waals surface area (Å²) in [6.45, 7) is 0.674. The molecule has 1 aromatic rings. The average molecular weight is 428 g/mol. The Labute approximate surface area is 128 Å². The Morgan fingerprint density at radius 1 is 1.53 bits per heavy atom. The van der Waals surface area contributed by atoms with E-state index in [9.17, 15) is 4.79 Å². The van der Waals surface area contributed by atoms with E-state index in [1.165, 1.54) is 0 Å². The van der Waals surface area contributed by atoms with Gasteiger partial charge < -0.3 is 5.32 Å². The first kappa shape index (κ1) is 13.6. The highest BCUT2D eigenvalue weighted by atomic mass is 127. The van der Waals surface area contributed by atoms with Crippen molar-refractivity contribution in [1.29, 1.82) is 0 Å². The number of alkyl halides is 1. The van der Waals surface area contributed by atoms with Gasteiger partial charge in [-0.2, -0.15) is 0 Å². The summed E-state index contributed by atoms with van der Waals surface area (Å²) >= 11 is 11.5. The predicted octanol–water partition coefficient (Wildman–Crippen LogP) is 3.80. The minimum Gasteiger partial charge on any atom is -0.351 e. The fourth-order valence-corrected chi connectivity index (χ4v) is 2.85. The third-order valence-electron chi connectivity index (χ3n) is 3.04. The summed E-state index contributed by atoms with van der Waals surface area (Å²) in [5.74, 6) is 0.590. The van der Waals surface area contributed by atoms with Crippen molar-refractivity contribution in [1.82, 2.24) is 5.32 Å². The second-order valence-electron chi connectivity index (χ2n) is 4.44. The summed E-state index contributed by atoms with van der Waals surface area (Å²) in [5.41, 5.74) is 0.841. The van der Waals surface area contributed by atoms with Crippen molar-refractivity contribution < 1.29 is 4.79 Å². The molecule has 1 aliphatic rings. The molecule has 1 N–H and O–H groups in total. The van der Waals surface area contributed by atoms with Crippen LogP contribution in [0, 0.1) is 8.99 Å². The van der Waals surface area contributed by atoms with Crippen LogP contribution >= 0.6 is 50.1 Å². The Bertz CT molecular complexity index is 448. The lowest BCUT2D eigenvalue weighted by Gasteiger charge is -2.13. The summed E-state index contributed by atoms with van der Waals surface area (Å²) in [7, 11) is 0. The Kier molecular flexibility index (Phi) is 4.36. The maximum absolute atomic E-state index is 12.0. The summed E-state index contributed by atoms with van der Waals surface area (Å²) < 4.78 is 1.88. The van der Waals surface area contributed by atoms with E-state index >= 15 is 0 Å². The zero-order valence-electron chi connectivity index (χ0n) is 9.10. The van der Waals surface area contributed by atoms with Gasteiger partial charge in [0, 0.05) is 25.9 Å². The van der Waals surface area contributed by atoms with Gasteiger partial charge in [-0.05, 0) is 69.6 Å². The number of benzene rings is 1. The van der Waals surface area contributed by atoms with Crippen LogP contribution in [0.25, 0.3) is 0 Å². The largest absolute Gasteiger partial charge is 0.351 e. The van der Waals surface area contributed by atoms with Crippen LogP contribution in [0.4, 0.5) is 0 Å². The quantitative estimate of drug-likeness (QED) is 0.574. The zero-order chi connectivity index (χ0) is 12.5. The van der Waals surface area contributed by atoms with Crippen LogP contribution in [0.1, 0.15) is 23.2 Å². The Morgan fingerprint density at radius 2 is 2.24 bits per heavy atom. The number of hydrogen-bond donors (Lipinski definition) is 1. The molecule has 0 unspecified atom stereocenters. The van der Waals surface area contributed by atoms with Crippen molar-refractivity contribution in [2.24, 2.45) is 5.41 Å². The first-order valence-electron chi connectivity index (χ1n) is 5.36. The molecule has 1 fully saturated rings. The summed E-state index contributed by atoms with van der Waals surface area (Å²) in [5, 5.41) is 2.96. The van der Waals surface area contributed by atoms with Crippen molar-refractivity contribution in [3.05, 3.63) is 31.8 Å². The molecule has 0 spiro atoms. The lowest BCUT2D eigenvalue weighted by atomic mass is 10.1. The molecule has 0 saturated heterocycles. The summed E-state index contributed by atoms with van der Waals surface area (Å²) in [6, 6.07) is 5.73. The fraction of sp³-hybridized carbons (Fsp3) is 0.417. The lowest BCUT2D eigenvalue weighted by Crippen LogP contribution is -2.31. The van der Waals surface area contributed by atoms with Crippen molar-refractivity contribution in [3.63, 3.8) is 0 Å². The number of hydrogen-bond acceptors (Lipinski definition) is 1.